The average molecular weight is 222 g/mol. The highest BCUT2D eigenvalue weighted by Crippen LogP contribution is 2.20. The molecule has 0 saturated heterocycles. The van der Waals surface area contributed by atoms with Gasteiger partial charge in [0.05, 0.1) is 11.9 Å². The van der Waals surface area contributed by atoms with Crippen molar-refractivity contribution in [2.45, 2.75) is 39.7 Å². The summed E-state index contributed by atoms with van der Waals surface area (Å²) in [6.07, 6.45) is 3.01. The summed E-state index contributed by atoms with van der Waals surface area (Å²) in [7, 11) is 0. The number of hydrogen-bond donors (Lipinski definition) is 1. The van der Waals surface area contributed by atoms with Crippen LogP contribution < -0.4 is 0 Å². The predicted molar refractivity (Wildman–Crippen MR) is 61.9 cm³/mol. The van der Waals surface area contributed by atoms with E-state index in [-0.39, 0.29) is 12.1 Å². The topological polar surface area (TPSA) is 55.0 Å². The van der Waals surface area contributed by atoms with E-state index in [1.54, 1.807) is 13.1 Å². The number of hydrogen-bond acceptors (Lipinski definition) is 3. The molecule has 4 heteroatoms. The van der Waals surface area contributed by atoms with Crippen molar-refractivity contribution in [2.75, 3.05) is 0 Å². The van der Waals surface area contributed by atoms with Crippen LogP contribution in [0.5, 0.6) is 0 Å². The lowest BCUT2D eigenvalue weighted by Crippen LogP contribution is -2.11. The fourth-order valence-electron chi connectivity index (χ4n) is 1.32. The van der Waals surface area contributed by atoms with Crippen molar-refractivity contribution >= 4 is 5.97 Å². The zero-order valence-electron chi connectivity index (χ0n) is 10.0. The zero-order chi connectivity index (χ0) is 12.1. The predicted octanol–water partition coefficient (Wildman–Crippen LogP) is 2.54. The third-order valence-electron chi connectivity index (χ3n) is 2.30. The van der Waals surface area contributed by atoms with E-state index in [2.05, 4.69) is 16.5 Å². The third-order valence-corrected chi connectivity index (χ3v) is 2.30. The molecule has 1 unspecified atom stereocenters. The molecular formula is C12H18N2O2. The molecule has 0 aliphatic carbocycles. The lowest BCUT2D eigenvalue weighted by Gasteiger charge is -2.14. The molecule has 0 amide bonds. The molecule has 1 aromatic heterocycles. The van der Waals surface area contributed by atoms with Gasteiger partial charge in [0.2, 0.25) is 0 Å². The minimum absolute atomic E-state index is 0.267. The molecule has 1 heterocycles. The number of nitrogens with one attached hydrogen (secondary N) is 1. The molecule has 0 aliphatic heterocycles. The molecule has 0 radical (unpaired) electrons. The van der Waals surface area contributed by atoms with Gasteiger partial charge < -0.3 is 9.72 Å². The quantitative estimate of drug-likeness (QED) is 0.615. The highest BCUT2D eigenvalue weighted by Gasteiger charge is 2.17. The van der Waals surface area contributed by atoms with E-state index in [1.807, 2.05) is 13.8 Å². The monoisotopic (exact) mass is 222 g/mol. The molecule has 1 rings (SSSR count). The molecule has 0 bridgehead atoms. The van der Waals surface area contributed by atoms with Crippen molar-refractivity contribution in [1.82, 2.24) is 9.97 Å². The van der Waals surface area contributed by atoms with Crippen LogP contribution in [0.2, 0.25) is 0 Å². The summed E-state index contributed by atoms with van der Waals surface area (Å²) in [5.74, 6) is 0.541. The first-order valence-corrected chi connectivity index (χ1v) is 5.48. The number of aromatic nitrogens is 2. The van der Waals surface area contributed by atoms with E-state index >= 15 is 0 Å². The largest absolute Gasteiger partial charge is 0.453 e. The Bertz CT molecular complexity index is 382. The molecule has 0 saturated carbocycles. The minimum atomic E-state index is -0.362. The highest BCUT2D eigenvalue weighted by molar-refractivity contribution is 5.87. The normalized spacial score (nSPS) is 12.2. The summed E-state index contributed by atoms with van der Waals surface area (Å²) in [4.78, 5) is 18.7. The van der Waals surface area contributed by atoms with Gasteiger partial charge in [0.1, 0.15) is 11.9 Å². The number of nitrogens with zero attached hydrogens (tertiary/aromatic N) is 1. The summed E-state index contributed by atoms with van der Waals surface area (Å²) in [5.41, 5.74) is 1.25. The van der Waals surface area contributed by atoms with Gasteiger partial charge in [-0.15, -0.1) is 0 Å². The Morgan fingerprint density at radius 2 is 2.31 bits per heavy atom. The van der Waals surface area contributed by atoms with E-state index in [4.69, 9.17) is 4.74 Å². The van der Waals surface area contributed by atoms with E-state index in [1.165, 1.54) is 0 Å². The Hall–Kier alpha value is -1.58. The highest BCUT2D eigenvalue weighted by atomic mass is 16.5. The summed E-state index contributed by atoms with van der Waals surface area (Å²) >= 11 is 0. The Morgan fingerprint density at radius 1 is 1.62 bits per heavy atom. The van der Waals surface area contributed by atoms with Gasteiger partial charge in [-0.2, -0.15) is 0 Å². The Labute approximate surface area is 95.7 Å². The molecule has 1 atom stereocenters. The molecule has 16 heavy (non-hydrogen) atoms. The Morgan fingerprint density at radius 3 is 2.75 bits per heavy atom. The molecular weight excluding hydrogens is 204 g/mol. The first kappa shape index (κ1) is 12.5. The van der Waals surface area contributed by atoms with Gasteiger partial charge in [0, 0.05) is 12.0 Å². The molecule has 0 aromatic carbocycles. The van der Waals surface area contributed by atoms with Gasteiger partial charge in [-0.3, -0.25) is 0 Å². The second kappa shape index (κ2) is 5.49. The molecule has 4 nitrogen and oxygen atoms in total. The van der Waals surface area contributed by atoms with Crippen molar-refractivity contribution in [3.8, 4) is 0 Å². The fourth-order valence-corrected chi connectivity index (χ4v) is 1.32. The van der Waals surface area contributed by atoms with E-state index in [0.717, 1.165) is 17.9 Å². The van der Waals surface area contributed by atoms with Gasteiger partial charge >= 0.3 is 5.97 Å². The standard InChI is InChI=1S/C12H18N2O2/c1-5-10(16-12(15)8(3)4)9-7-13-11(6-2)14-9/h7,10H,3,5-6H2,1-2,4H3,(H,13,14). The maximum Gasteiger partial charge on any atom is 0.333 e. The van der Waals surface area contributed by atoms with Gasteiger partial charge in [0.15, 0.2) is 0 Å². The van der Waals surface area contributed by atoms with Gasteiger partial charge in [-0.25, -0.2) is 9.78 Å². The second-order valence-electron chi connectivity index (χ2n) is 3.72. The molecule has 0 spiro atoms. The molecule has 1 aromatic rings. The first-order valence-electron chi connectivity index (χ1n) is 5.48. The molecule has 1 N–H and O–H groups in total. The summed E-state index contributed by atoms with van der Waals surface area (Å²) in [6, 6.07) is 0. The SMILES string of the molecule is C=C(C)C(=O)OC(CC)c1cnc(CC)[nH]1. The number of H-pyrrole nitrogens is 1. The van der Waals surface area contributed by atoms with Crippen LogP contribution in [0, 0.1) is 0 Å². The van der Waals surface area contributed by atoms with Crippen LogP contribution in [0.1, 0.15) is 44.8 Å². The van der Waals surface area contributed by atoms with Crippen LogP contribution >= 0.6 is 0 Å². The number of imidazole rings is 1. The molecule has 0 aliphatic rings. The number of carbonyl (C=O) groups excluding carboxylic acids is 1. The second-order valence-corrected chi connectivity index (χ2v) is 3.72. The smallest absolute Gasteiger partial charge is 0.333 e. The Balaban J connectivity index is 2.74. The van der Waals surface area contributed by atoms with Crippen LogP contribution in [-0.4, -0.2) is 15.9 Å². The maximum atomic E-state index is 11.4. The van der Waals surface area contributed by atoms with Crippen molar-refractivity contribution in [3.63, 3.8) is 0 Å². The Kier molecular flexibility index (Phi) is 4.28. The maximum absolute atomic E-state index is 11.4. The number of carbonyl (C=O) groups is 1. The molecule has 0 fully saturated rings. The fraction of sp³-hybridized carbons (Fsp3) is 0.500. The number of aryl methyl sites for hydroxylation is 1. The van der Waals surface area contributed by atoms with Crippen molar-refractivity contribution in [1.29, 1.82) is 0 Å². The van der Waals surface area contributed by atoms with Crippen molar-refractivity contribution in [3.05, 3.63) is 29.9 Å². The molecule has 88 valence electrons. The van der Waals surface area contributed by atoms with Gasteiger partial charge in [-0.05, 0) is 13.3 Å². The lowest BCUT2D eigenvalue weighted by atomic mass is 10.2. The van der Waals surface area contributed by atoms with Crippen molar-refractivity contribution in [2.24, 2.45) is 0 Å². The van der Waals surface area contributed by atoms with E-state index < -0.39 is 0 Å². The number of esters is 1. The zero-order valence-corrected chi connectivity index (χ0v) is 10.0. The minimum Gasteiger partial charge on any atom is -0.453 e. The summed E-state index contributed by atoms with van der Waals surface area (Å²) in [5, 5.41) is 0. The van der Waals surface area contributed by atoms with Crippen LogP contribution in [0.4, 0.5) is 0 Å². The van der Waals surface area contributed by atoms with Crippen molar-refractivity contribution < 1.29 is 9.53 Å². The number of rotatable bonds is 5. The summed E-state index contributed by atoms with van der Waals surface area (Å²) in [6.45, 7) is 9.17. The summed E-state index contributed by atoms with van der Waals surface area (Å²) < 4.78 is 5.30. The van der Waals surface area contributed by atoms with Gasteiger partial charge in [-0.1, -0.05) is 20.4 Å². The van der Waals surface area contributed by atoms with Crippen LogP contribution in [0.15, 0.2) is 18.3 Å². The van der Waals surface area contributed by atoms with Crippen LogP contribution in [-0.2, 0) is 16.0 Å². The van der Waals surface area contributed by atoms with E-state index in [0.29, 0.717) is 12.0 Å². The third kappa shape index (κ3) is 2.95. The van der Waals surface area contributed by atoms with Crippen LogP contribution in [0.3, 0.4) is 0 Å². The first-order chi connectivity index (χ1) is 7.58. The number of ether oxygens (including phenoxy) is 1. The average Bonchev–Trinajstić information content (AvgIpc) is 2.73. The van der Waals surface area contributed by atoms with E-state index in [9.17, 15) is 4.79 Å². The number of aromatic amines is 1. The van der Waals surface area contributed by atoms with Gasteiger partial charge in [0.25, 0.3) is 0 Å². The lowest BCUT2D eigenvalue weighted by molar-refractivity contribution is -0.144. The van der Waals surface area contributed by atoms with Crippen LogP contribution in [0.25, 0.3) is 0 Å².